The minimum Gasteiger partial charge on any atom is -0.744 e. The maximum Gasteiger partial charge on any atom is 1.00 e. The van der Waals surface area contributed by atoms with E-state index in [0.29, 0.717) is 17.6 Å². The van der Waals surface area contributed by atoms with E-state index in [1.807, 2.05) is 0 Å². The van der Waals surface area contributed by atoms with Gasteiger partial charge in [-0.25, -0.2) is 13.2 Å². The van der Waals surface area contributed by atoms with Gasteiger partial charge in [0.1, 0.15) is 15.8 Å². The van der Waals surface area contributed by atoms with Crippen LogP contribution in [0, 0.1) is 0 Å². The first-order valence-electron chi connectivity index (χ1n) is 11.4. The fourth-order valence-corrected chi connectivity index (χ4v) is 4.49. The predicted molar refractivity (Wildman–Crippen MR) is 151 cm³/mol. The molecule has 0 aliphatic carbocycles. The summed E-state index contributed by atoms with van der Waals surface area (Å²) < 4.78 is 39.8. The van der Waals surface area contributed by atoms with Gasteiger partial charge in [-0.1, -0.05) is 36.4 Å². The number of phenolic OH excluding ortho intramolecular Hbond substituents is 1. The molecular weight excluding hydrogens is 777 g/mol. The zero-order valence-corrected chi connectivity index (χ0v) is 31.6. The number of carbonyl (C=O) groups is 1. The maximum atomic E-state index is 11.9. The molecule has 1 heterocycles. The fraction of sp³-hybridized carbons (Fsp3) is 0. The number of carboxylic acids is 1. The number of aromatic carboxylic acids is 1. The van der Waals surface area contributed by atoms with Gasteiger partial charge in [-0.2, -0.15) is 19.3 Å². The smallest absolute Gasteiger partial charge is 0.744 e. The molecule has 47 heavy (non-hydrogen) atoms. The van der Waals surface area contributed by atoms with Gasteiger partial charge in [-0.15, -0.1) is 15.9 Å². The van der Waals surface area contributed by atoms with Crippen molar-refractivity contribution < 1.29 is 119 Å². The van der Waals surface area contributed by atoms with E-state index < -0.39 is 32.4 Å². The Balaban J connectivity index is 0.00000368. The van der Waals surface area contributed by atoms with Crippen LogP contribution in [0.5, 0.6) is 5.75 Å². The van der Waals surface area contributed by atoms with E-state index in [4.69, 9.17) is 23.2 Å². The average molecular weight is 790 g/mol. The molecule has 4 aromatic rings. The summed E-state index contributed by atoms with van der Waals surface area (Å²) in [5.74, 6) is -2.59. The molecule has 17 nitrogen and oxygen atoms in total. The van der Waals surface area contributed by atoms with Crippen molar-refractivity contribution in [3.05, 3.63) is 87.8 Å². The average Bonchev–Trinajstić information content (AvgIpc) is 2.97. The molecule has 0 aliphatic rings. The number of nitrogens with zero attached hydrogens (tertiary/aromatic N) is 7. The Morgan fingerprint density at radius 3 is 2.28 bits per heavy atom. The Bertz CT molecular complexity index is 1860. The number of aromatic hydroxyl groups is 1. The molecule has 4 rings (SSSR count). The molecule has 238 valence electrons. The largest absolute Gasteiger partial charge is 1.00 e. The number of carboxylic acid groups (broad SMARTS) is 1. The van der Waals surface area contributed by atoms with Gasteiger partial charge in [-0.05, 0) is 47.5 Å². The van der Waals surface area contributed by atoms with Gasteiger partial charge >= 0.3 is 82.2 Å². The van der Waals surface area contributed by atoms with Crippen LogP contribution in [0.15, 0.2) is 85.8 Å². The summed E-state index contributed by atoms with van der Waals surface area (Å²) in [5, 5.41) is 47.5. The van der Waals surface area contributed by atoms with Crippen LogP contribution in [0.2, 0.25) is 10.6 Å². The second-order valence-corrected chi connectivity index (χ2v) is 10.7. The van der Waals surface area contributed by atoms with Crippen LogP contribution in [-0.4, -0.2) is 49.9 Å². The number of halogens is 2. The SMILES string of the molecule is O=C(O)c1ccc(SOO[O-])cc1[N-]/N=C(\N=Nc1cc(S(=O)(=O)[O-])cc(Nc2nc(Cl)nc(Cl)n2)c1O)c1ccccc1.[Cu+].[Na+].[Na+]. The second-order valence-electron chi connectivity index (χ2n) is 7.91. The van der Waals surface area contributed by atoms with Gasteiger partial charge in [-0.3, -0.25) is 5.04 Å². The summed E-state index contributed by atoms with van der Waals surface area (Å²) in [7, 11) is -5.09. The van der Waals surface area contributed by atoms with E-state index in [2.05, 4.69) is 50.4 Å². The molecule has 0 unspecified atom stereocenters. The van der Waals surface area contributed by atoms with Crippen LogP contribution >= 0.6 is 35.2 Å². The van der Waals surface area contributed by atoms with Crippen LogP contribution < -0.4 is 69.7 Å². The first-order chi connectivity index (χ1) is 20.9. The number of anilines is 2. The van der Waals surface area contributed by atoms with Crippen LogP contribution in [0.4, 0.5) is 23.0 Å². The number of hydrogen-bond acceptors (Lipinski definition) is 15. The third-order valence-corrected chi connectivity index (χ3v) is 6.79. The number of hydrogen-bond donors (Lipinski definition) is 3. The van der Waals surface area contributed by atoms with E-state index in [9.17, 15) is 33.2 Å². The number of nitrogens with one attached hydrogen (secondary N) is 1. The number of amidine groups is 1. The van der Waals surface area contributed by atoms with Crippen molar-refractivity contribution in [3.8, 4) is 5.75 Å². The van der Waals surface area contributed by atoms with Gasteiger partial charge in [0.05, 0.1) is 22.6 Å². The van der Waals surface area contributed by atoms with Crippen molar-refractivity contribution in [2.75, 3.05) is 5.32 Å². The first-order valence-corrected chi connectivity index (χ1v) is 14.3. The van der Waals surface area contributed by atoms with Gasteiger partial charge in [0, 0.05) is 16.0 Å². The monoisotopic (exact) mass is 788 g/mol. The zero-order chi connectivity index (χ0) is 31.9. The van der Waals surface area contributed by atoms with E-state index in [0.717, 1.165) is 12.1 Å². The van der Waals surface area contributed by atoms with Crippen LogP contribution in [0.25, 0.3) is 5.43 Å². The Morgan fingerprint density at radius 1 is 1.02 bits per heavy atom. The Labute approximate surface area is 334 Å². The van der Waals surface area contributed by atoms with Crippen molar-refractivity contribution in [2.45, 2.75) is 9.79 Å². The number of benzene rings is 3. The molecule has 3 N–H and O–H groups in total. The minimum atomic E-state index is -5.09. The topological polar surface area (TPSA) is 258 Å². The molecule has 0 fully saturated rings. The standard InChI is InChI=1S/C23H16Cl2N8O9S2.Cu.2Na/c24-21-27-22(25)29-23(28-21)26-16-9-13(44(38,39)40)10-17(18(16)34)31-33-19(11-4-2-1-3-5-11)32-30-15-8-12(43-42-41-37)6-7-14(15)20(35)36;;;/h1-10H,(H6,26,27,28,29,30,31,32,33,34,35,36,37,38,39,40);;;/q;3*+1/p-3. The van der Waals surface area contributed by atoms with Gasteiger partial charge in [0.15, 0.2) is 11.6 Å². The van der Waals surface area contributed by atoms with Crippen LogP contribution in [0.3, 0.4) is 0 Å². The fourth-order valence-electron chi connectivity index (χ4n) is 3.22. The van der Waals surface area contributed by atoms with Crippen molar-refractivity contribution in [1.29, 1.82) is 0 Å². The molecule has 0 radical (unpaired) electrons. The molecular formula is C23H13Cl2CuN8Na2O9S2. The molecule has 0 bridgehead atoms. The third-order valence-electron chi connectivity index (χ3n) is 5.07. The van der Waals surface area contributed by atoms with Gasteiger partial charge < -0.3 is 35.9 Å². The molecule has 0 saturated heterocycles. The molecule has 0 amide bonds. The minimum absolute atomic E-state index is 0. The van der Waals surface area contributed by atoms with Crippen molar-refractivity contribution in [3.63, 3.8) is 0 Å². The van der Waals surface area contributed by atoms with Crippen LogP contribution in [-0.2, 0) is 36.6 Å². The first kappa shape index (κ1) is 43.1. The Morgan fingerprint density at radius 2 is 1.68 bits per heavy atom. The van der Waals surface area contributed by atoms with E-state index in [-0.39, 0.29) is 120 Å². The van der Waals surface area contributed by atoms with E-state index in [1.165, 1.54) is 18.2 Å². The molecule has 3 aromatic carbocycles. The summed E-state index contributed by atoms with van der Waals surface area (Å²) in [6.07, 6.45) is 0. The number of aromatic nitrogens is 3. The normalized spacial score (nSPS) is 11.2. The van der Waals surface area contributed by atoms with Gasteiger partial charge in [0.2, 0.25) is 16.5 Å². The molecule has 0 atom stereocenters. The molecule has 0 aliphatic heterocycles. The second kappa shape index (κ2) is 19.9. The molecule has 24 heteroatoms. The Kier molecular flexibility index (Phi) is 18.2. The summed E-state index contributed by atoms with van der Waals surface area (Å²) >= 11 is 12.0. The molecule has 1 aromatic heterocycles. The van der Waals surface area contributed by atoms with Crippen molar-refractivity contribution >= 4 is 80.2 Å². The van der Waals surface area contributed by atoms with E-state index in [1.54, 1.807) is 30.3 Å². The molecule has 0 spiro atoms. The third kappa shape index (κ3) is 12.5. The maximum absolute atomic E-state index is 11.9. The summed E-state index contributed by atoms with van der Waals surface area (Å²) in [6.45, 7) is 0. The number of phenols is 1. The molecule has 0 saturated carbocycles. The van der Waals surface area contributed by atoms with Crippen molar-refractivity contribution in [2.24, 2.45) is 15.3 Å². The number of azo groups is 1. The predicted octanol–water partition coefficient (Wildman–Crippen LogP) is -1.38. The number of rotatable bonds is 11. The Hall–Kier alpha value is -1.95. The quantitative estimate of drug-likeness (QED) is 0.0182. The van der Waals surface area contributed by atoms with Crippen LogP contribution in [0.1, 0.15) is 15.9 Å². The van der Waals surface area contributed by atoms with Crippen molar-refractivity contribution in [1.82, 2.24) is 15.0 Å². The summed E-state index contributed by atoms with van der Waals surface area (Å²) in [4.78, 5) is 22.2. The summed E-state index contributed by atoms with van der Waals surface area (Å²) in [6, 6.07) is 13.3. The van der Waals surface area contributed by atoms with Gasteiger partial charge in [0.25, 0.3) is 0 Å². The zero-order valence-electron chi connectivity index (χ0n) is 23.5. The van der Waals surface area contributed by atoms with E-state index >= 15 is 0 Å². The summed E-state index contributed by atoms with van der Waals surface area (Å²) in [5.41, 5.74) is 2.91.